The van der Waals surface area contributed by atoms with E-state index in [9.17, 15) is 19.2 Å². The Kier molecular flexibility index (Phi) is 9.54. The highest BCUT2D eigenvalue weighted by atomic mass is 17.2. The van der Waals surface area contributed by atoms with Crippen LogP contribution in [0.5, 0.6) is 0 Å². The van der Waals surface area contributed by atoms with Crippen molar-refractivity contribution >= 4 is 21.5 Å². The Bertz CT molecular complexity index is 2090. The van der Waals surface area contributed by atoms with Gasteiger partial charge in [0, 0.05) is 0 Å². The summed E-state index contributed by atoms with van der Waals surface area (Å²) in [5.74, 6) is 0. The topological polar surface area (TPSA) is 115 Å². The summed E-state index contributed by atoms with van der Waals surface area (Å²) in [6.07, 6.45) is 0. The molecule has 10 heteroatoms. The lowest BCUT2D eigenvalue weighted by molar-refractivity contribution is -0.401. The molecule has 5 rings (SSSR count). The molecule has 0 unspecified atom stereocenters. The van der Waals surface area contributed by atoms with Gasteiger partial charge in [-0.25, -0.2) is 19.6 Å². The van der Waals surface area contributed by atoms with Crippen LogP contribution in [-0.4, -0.2) is 20.3 Å². The first-order valence-corrected chi connectivity index (χ1v) is 17.6. The van der Waals surface area contributed by atoms with Crippen molar-refractivity contribution in [2.24, 2.45) is 0 Å². The highest BCUT2D eigenvalue weighted by molar-refractivity contribution is 5.98. The van der Waals surface area contributed by atoms with Gasteiger partial charge in [0.2, 0.25) is 0 Å². The third kappa shape index (κ3) is 7.09. The molecule has 0 saturated heterocycles. The van der Waals surface area contributed by atoms with Crippen LogP contribution in [0.4, 0.5) is 0 Å². The zero-order valence-corrected chi connectivity index (χ0v) is 32.9. The average molecular weight is 713 g/mol. The van der Waals surface area contributed by atoms with Gasteiger partial charge in [0.1, 0.15) is 11.2 Å². The molecule has 0 atom stereocenters. The molecule has 52 heavy (non-hydrogen) atoms. The molecule has 278 valence electrons. The Morgan fingerprint density at radius 3 is 0.827 bits per heavy atom. The second kappa shape index (κ2) is 12.7. The fraction of sp³-hybridized carbons (Fsp3) is 0.476. The Morgan fingerprint density at radius 1 is 0.365 bits per heavy atom. The minimum absolute atomic E-state index is 0.0900. The van der Waals surface area contributed by atoms with E-state index in [1.54, 1.807) is 27.7 Å². The summed E-state index contributed by atoms with van der Waals surface area (Å²) in [6, 6.07) is 17.7. The van der Waals surface area contributed by atoms with Gasteiger partial charge in [-0.15, -0.1) is 0 Å². The van der Waals surface area contributed by atoms with Crippen molar-refractivity contribution in [3.63, 3.8) is 0 Å². The summed E-state index contributed by atoms with van der Waals surface area (Å²) in [7, 11) is 0. The van der Waals surface area contributed by atoms with Gasteiger partial charge in [-0.05, 0) is 131 Å². The molecule has 0 aliphatic carbocycles. The molecule has 10 nitrogen and oxygen atoms in total. The summed E-state index contributed by atoms with van der Waals surface area (Å²) in [5.41, 5.74) is -3.63. The normalized spacial score (nSPS) is 13.8. The van der Waals surface area contributed by atoms with Crippen LogP contribution in [0, 0.1) is 0 Å². The maximum atomic E-state index is 14.0. The van der Waals surface area contributed by atoms with Crippen LogP contribution >= 0.6 is 0 Å². The predicted octanol–water partition coefficient (Wildman–Crippen LogP) is 7.44. The number of hydrogen-bond acceptors (Lipinski definition) is 8. The van der Waals surface area contributed by atoms with Gasteiger partial charge in [0.25, 0.3) is 22.2 Å². The molecule has 0 amide bonds. The van der Waals surface area contributed by atoms with Crippen molar-refractivity contribution < 1.29 is 19.6 Å². The Hall–Kier alpha value is -4.22. The van der Waals surface area contributed by atoms with E-state index in [-0.39, 0.29) is 21.5 Å². The minimum atomic E-state index is -1.06. The molecule has 0 spiro atoms. The lowest BCUT2D eigenvalue weighted by Gasteiger charge is -2.30. The molecule has 0 N–H and O–H groups in total. The van der Waals surface area contributed by atoms with Crippen molar-refractivity contribution in [2.45, 2.75) is 130 Å². The van der Waals surface area contributed by atoms with Crippen molar-refractivity contribution in [3.05, 3.63) is 124 Å². The molecular formula is C42H52N2O8. The van der Waals surface area contributed by atoms with Gasteiger partial charge in [0.05, 0.1) is 43.8 Å². The largest absolute Gasteiger partial charge is 0.269 e. The quantitative estimate of drug-likeness (QED) is 0.108. The van der Waals surface area contributed by atoms with E-state index in [4.69, 9.17) is 19.6 Å². The molecule has 0 bridgehead atoms. The van der Waals surface area contributed by atoms with Crippen LogP contribution in [0.3, 0.4) is 0 Å². The van der Waals surface area contributed by atoms with Gasteiger partial charge in [-0.1, -0.05) is 48.5 Å². The number of fused-ring (bicyclic) bond motifs is 2. The Balaban J connectivity index is 1.52. The summed E-state index contributed by atoms with van der Waals surface area (Å²) in [5, 5.41) is 0.360. The third-order valence-electron chi connectivity index (χ3n) is 9.58. The molecule has 5 aromatic rings. The smallest absolute Gasteiger partial charge is 0.262 e. The molecule has 0 aliphatic heterocycles. The first-order valence-electron chi connectivity index (χ1n) is 17.6. The lowest BCUT2D eigenvalue weighted by Crippen LogP contribution is -2.42. The summed E-state index contributed by atoms with van der Waals surface area (Å²) < 4.78 is 2.39. The molecule has 0 fully saturated rings. The molecule has 2 heterocycles. The number of nitrogens with zero attached hydrogens (tertiary/aromatic N) is 2. The predicted molar refractivity (Wildman–Crippen MR) is 205 cm³/mol. The molecule has 2 aromatic heterocycles. The van der Waals surface area contributed by atoms with Crippen molar-refractivity contribution in [1.82, 2.24) is 9.13 Å². The molecule has 0 aliphatic rings. The van der Waals surface area contributed by atoms with Gasteiger partial charge in [-0.2, -0.15) is 0 Å². The highest BCUT2D eigenvalue weighted by Crippen LogP contribution is 2.33. The van der Waals surface area contributed by atoms with E-state index in [0.717, 1.165) is 11.1 Å². The lowest BCUT2D eigenvalue weighted by atomic mass is 9.90. The van der Waals surface area contributed by atoms with E-state index < -0.39 is 55.7 Å². The van der Waals surface area contributed by atoms with Gasteiger partial charge < -0.3 is 0 Å². The first kappa shape index (κ1) is 39.0. The second-order valence-corrected chi connectivity index (χ2v) is 17.7. The number of aromatic nitrogens is 2. The summed E-state index contributed by atoms with van der Waals surface area (Å²) >= 11 is 0. The van der Waals surface area contributed by atoms with Crippen LogP contribution in [0.1, 0.15) is 119 Å². The van der Waals surface area contributed by atoms with Crippen LogP contribution in [-0.2, 0) is 41.8 Å². The van der Waals surface area contributed by atoms with E-state index in [0.29, 0.717) is 11.1 Å². The Labute approximate surface area is 304 Å². The summed E-state index contributed by atoms with van der Waals surface area (Å²) in [4.78, 5) is 78.5. The average Bonchev–Trinajstić information content (AvgIpc) is 3.45. The minimum Gasteiger partial charge on any atom is -0.269 e. The molecule has 3 aromatic carbocycles. The van der Waals surface area contributed by atoms with Crippen LogP contribution in [0.25, 0.3) is 21.5 Å². The zero-order valence-electron chi connectivity index (χ0n) is 32.9. The van der Waals surface area contributed by atoms with E-state index >= 15 is 0 Å². The third-order valence-corrected chi connectivity index (χ3v) is 9.58. The maximum Gasteiger partial charge on any atom is 0.262 e. The fourth-order valence-corrected chi connectivity index (χ4v) is 6.36. The van der Waals surface area contributed by atoms with E-state index in [2.05, 4.69) is 0 Å². The Morgan fingerprint density at radius 2 is 0.596 bits per heavy atom. The number of hydrogen-bond donors (Lipinski definition) is 0. The first-order chi connectivity index (χ1) is 23.7. The SMILES string of the molecule is CC(C)(C)OOC(C)(C)c1ccc(C(C)(C)n2c(=O)c3cc4c(=O)n(C(C)(C)c5ccc(C(C)(C)OOC(C)(C)C)cc5)c(=O)c4cc3c2=O)cc1. The van der Waals surface area contributed by atoms with Crippen molar-refractivity contribution in [2.75, 3.05) is 0 Å². The fourth-order valence-electron chi connectivity index (χ4n) is 6.36. The monoisotopic (exact) mass is 712 g/mol. The second-order valence-electron chi connectivity index (χ2n) is 17.7. The molecule has 0 saturated carbocycles. The number of rotatable bonds is 10. The van der Waals surface area contributed by atoms with Crippen LogP contribution < -0.4 is 22.2 Å². The van der Waals surface area contributed by atoms with Crippen LogP contribution in [0.15, 0.2) is 79.8 Å². The van der Waals surface area contributed by atoms with Gasteiger partial charge in [0.15, 0.2) is 0 Å². The van der Waals surface area contributed by atoms with Crippen LogP contribution in [0.2, 0.25) is 0 Å². The highest BCUT2D eigenvalue weighted by Gasteiger charge is 2.34. The standard InChI is InChI=1S/C42H52N2O8/c1-37(2,3)49-51-41(11,12)27-19-15-25(16-20-27)39(7,8)43-33(45)29-23-31-32(24-30(29)34(43)46)36(48)44(35(31)47)40(9,10)26-17-21-28(22-18-26)42(13,14)52-50-38(4,5)6/h15-24H,1-14H3. The van der Waals surface area contributed by atoms with Crippen molar-refractivity contribution in [1.29, 1.82) is 0 Å². The van der Waals surface area contributed by atoms with Gasteiger partial charge >= 0.3 is 0 Å². The number of benzene rings is 3. The van der Waals surface area contributed by atoms with E-state index in [1.165, 1.54) is 21.3 Å². The molecule has 0 radical (unpaired) electrons. The van der Waals surface area contributed by atoms with Crippen molar-refractivity contribution in [3.8, 4) is 0 Å². The summed E-state index contributed by atoms with van der Waals surface area (Å²) in [6.45, 7) is 26.1. The molecular weight excluding hydrogens is 660 g/mol. The zero-order chi connectivity index (χ0) is 39.0. The van der Waals surface area contributed by atoms with Gasteiger partial charge in [-0.3, -0.25) is 28.3 Å². The van der Waals surface area contributed by atoms with E-state index in [1.807, 2.05) is 118 Å². The maximum absolute atomic E-state index is 14.0.